The number of amidine groups is 1. The average Bonchev–Trinajstić information content (AvgIpc) is 3.49. The van der Waals surface area contributed by atoms with Gasteiger partial charge in [-0.2, -0.15) is 13.2 Å². The molecule has 2 fully saturated rings. The molecule has 0 aliphatic carbocycles. The second-order valence-corrected chi connectivity index (χ2v) is 12.6. The lowest BCUT2D eigenvalue weighted by Crippen LogP contribution is -2.71. The molecule has 2 aliphatic rings. The van der Waals surface area contributed by atoms with Crippen molar-refractivity contribution in [1.82, 2.24) is 20.9 Å². The molecule has 0 saturated carbocycles. The first-order valence-electron chi connectivity index (χ1n) is 12.0. The van der Waals surface area contributed by atoms with Gasteiger partial charge in [0, 0.05) is 15.2 Å². The largest absolute Gasteiger partial charge is 0.480 e. The lowest BCUT2D eigenvalue weighted by atomic mass is 9.96. The van der Waals surface area contributed by atoms with Gasteiger partial charge in [-0.1, -0.05) is 24.3 Å². The number of nitrogens with one attached hydrogen (secondary N) is 4. The number of amides is 3. The second-order valence-electron chi connectivity index (χ2n) is 9.83. The van der Waals surface area contributed by atoms with Gasteiger partial charge in [-0.15, -0.1) is 23.1 Å². The number of hydrogen-bond donors (Lipinski definition) is 5. The van der Waals surface area contributed by atoms with Crippen LogP contribution in [0.25, 0.3) is 0 Å². The van der Waals surface area contributed by atoms with Gasteiger partial charge in [-0.3, -0.25) is 19.8 Å². The van der Waals surface area contributed by atoms with E-state index in [1.54, 1.807) is 31.4 Å². The van der Waals surface area contributed by atoms with Gasteiger partial charge in [0.2, 0.25) is 17.7 Å². The molecule has 3 amide bonds. The van der Waals surface area contributed by atoms with E-state index < -0.39 is 81.1 Å². The van der Waals surface area contributed by atoms with Crippen LogP contribution in [-0.2, 0) is 25.4 Å². The highest BCUT2D eigenvalue weighted by Crippen LogP contribution is 2.50. The number of thiophene rings is 1. The molecule has 2 saturated heterocycles. The van der Waals surface area contributed by atoms with E-state index in [4.69, 9.17) is 5.41 Å². The van der Waals surface area contributed by atoms with E-state index in [-0.39, 0.29) is 0 Å². The van der Waals surface area contributed by atoms with Crippen LogP contribution in [0.1, 0.15) is 42.8 Å². The number of halogens is 3. The van der Waals surface area contributed by atoms with E-state index in [1.807, 2.05) is 0 Å². The monoisotopic (exact) mass is 597 g/mol. The third-order valence-corrected chi connectivity index (χ3v) is 9.11. The number of carboxylic acid groups (broad SMARTS) is 1. The molecule has 2 unspecified atom stereocenters. The maximum absolute atomic E-state index is 13.4. The smallest absolute Gasteiger partial charge is 0.417 e. The first-order chi connectivity index (χ1) is 18.6. The number of carbonyl (C=O) groups excluding carboxylic acids is 3. The van der Waals surface area contributed by atoms with Gasteiger partial charge in [0.05, 0.1) is 5.56 Å². The molecule has 40 heavy (non-hydrogen) atoms. The molecule has 0 spiro atoms. The number of alkyl halides is 3. The molecular formula is C25H26F3N5O5S2. The van der Waals surface area contributed by atoms with Gasteiger partial charge >= 0.3 is 12.1 Å². The van der Waals surface area contributed by atoms with Crippen LogP contribution in [0.15, 0.2) is 41.8 Å². The van der Waals surface area contributed by atoms with Crippen molar-refractivity contribution in [3.8, 4) is 0 Å². The Labute approximate surface area is 235 Å². The number of rotatable bonds is 8. The Hall–Kier alpha value is -3.59. The molecule has 1 aromatic heterocycles. The Morgan fingerprint density at radius 3 is 2.38 bits per heavy atom. The van der Waals surface area contributed by atoms with Gasteiger partial charge in [0.1, 0.15) is 35.4 Å². The Balaban J connectivity index is 1.45. The number of aliphatic carboxylic acids is 1. The van der Waals surface area contributed by atoms with Crippen LogP contribution in [0, 0.1) is 5.41 Å². The van der Waals surface area contributed by atoms with Crippen LogP contribution in [0.4, 0.5) is 13.2 Å². The molecule has 0 bridgehead atoms. The molecule has 1 aromatic carbocycles. The summed E-state index contributed by atoms with van der Waals surface area (Å²) in [6.45, 7) is 4.74. The van der Waals surface area contributed by atoms with Gasteiger partial charge < -0.3 is 26.0 Å². The molecular weight excluding hydrogens is 571 g/mol. The number of thioether (sulfide) groups is 1. The van der Waals surface area contributed by atoms with E-state index in [2.05, 4.69) is 16.0 Å². The molecule has 214 valence electrons. The van der Waals surface area contributed by atoms with Crippen LogP contribution < -0.4 is 16.0 Å². The number of β-lactam (4-membered cyclic amide) rings is 1. The third kappa shape index (κ3) is 5.52. The third-order valence-electron chi connectivity index (χ3n) is 6.61. The Kier molecular flexibility index (Phi) is 7.91. The fraction of sp³-hybridized carbons (Fsp3) is 0.400. The van der Waals surface area contributed by atoms with Crippen molar-refractivity contribution in [2.75, 3.05) is 0 Å². The molecule has 5 N–H and O–H groups in total. The van der Waals surface area contributed by atoms with Crippen LogP contribution in [0.3, 0.4) is 0 Å². The van der Waals surface area contributed by atoms with Crippen molar-refractivity contribution in [2.24, 2.45) is 0 Å². The van der Waals surface area contributed by atoms with Crippen molar-refractivity contribution >= 4 is 52.6 Å². The number of carboxylic acids is 1. The van der Waals surface area contributed by atoms with E-state index in [0.717, 1.165) is 23.5 Å². The van der Waals surface area contributed by atoms with Crippen molar-refractivity contribution in [2.45, 2.75) is 61.2 Å². The number of hydrogen-bond acceptors (Lipinski definition) is 7. The highest BCUT2D eigenvalue weighted by atomic mass is 32.2. The van der Waals surface area contributed by atoms with E-state index in [1.165, 1.54) is 35.7 Å². The summed E-state index contributed by atoms with van der Waals surface area (Å²) in [6.07, 6.45) is -4.70. The predicted molar refractivity (Wildman–Crippen MR) is 142 cm³/mol. The molecule has 5 atom stereocenters. The summed E-state index contributed by atoms with van der Waals surface area (Å²) in [5, 5.41) is 26.4. The zero-order valence-corrected chi connectivity index (χ0v) is 23.0. The van der Waals surface area contributed by atoms with Gasteiger partial charge in [0.15, 0.2) is 0 Å². The Morgan fingerprint density at radius 2 is 1.77 bits per heavy atom. The van der Waals surface area contributed by atoms with E-state index in [9.17, 15) is 37.5 Å². The van der Waals surface area contributed by atoms with Crippen LogP contribution in [0.2, 0.25) is 0 Å². The number of carbonyl (C=O) groups is 4. The molecule has 3 heterocycles. The normalized spacial score (nSPS) is 22.9. The topological polar surface area (TPSA) is 152 Å². The fourth-order valence-electron chi connectivity index (χ4n) is 4.68. The zero-order valence-electron chi connectivity index (χ0n) is 21.4. The van der Waals surface area contributed by atoms with Crippen molar-refractivity contribution < 1.29 is 37.5 Å². The highest BCUT2D eigenvalue weighted by Gasteiger charge is 2.64. The summed E-state index contributed by atoms with van der Waals surface area (Å²) < 4.78 is 39.3. The summed E-state index contributed by atoms with van der Waals surface area (Å²) in [5.41, 5.74) is -1.47. The number of benzene rings is 1. The van der Waals surface area contributed by atoms with Crippen LogP contribution in [-0.4, -0.2) is 67.8 Å². The second kappa shape index (κ2) is 10.8. The molecule has 0 radical (unpaired) electrons. The maximum atomic E-state index is 13.4. The van der Waals surface area contributed by atoms with Gasteiger partial charge in [-0.25, -0.2) is 4.79 Å². The predicted octanol–water partition coefficient (Wildman–Crippen LogP) is 2.56. The Bertz CT molecular complexity index is 1350. The zero-order chi connectivity index (χ0) is 29.6. The van der Waals surface area contributed by atoms with Crippen LogP contribution >= 0.6 is 23.1 Å². The lowest BCUT2D eigenvalue weighted by molar-refractivity contribution is -0.161. The average molecular weight is 598 g/mol. The molecule has 15 heteroatoms. The summed E-state index contributed by atoms with van der Waals surface area (Å²) in [6, 6.07) is 3.23. The Morgan fingerprint density at radius 1 is 1.10 bits per heavy atom. The first kappa shape index (κ1) is 29.4. The molecule has 4 rings (SSSR count). The van der Waals surface area contributed by atoms with E-state index >= 15 is 0 Å². The minimum Gasteiger partial charge on any atom is -0.480 e. The minimum atomic E-state index is -4.70. The standard InChI is InChI=1S/C25H26F3N5O5S2/c1-11(30-18(29)12-7-4-5-8-13(12)25(26,27)28)19(34)31-15(14-9-6-10-39-14)20(35)32-16-21(36)33-17(23(37)38)24(2,3)40-22(16)33/h4-11,15-17,22H,1-3H3,(H2,29,30)(H,31,34)(H,32,35)(H,37,38)/t11?,15?,16-,17+,22-/m1/s1. The lowest BCUT2D eigenvalue weighted by Gasteiger charge is -2.43. The summed E-state index contributed by atoms with van der Waals surface area (Å²) in [7, 11) is 0. The fourth-order valence-corrected chi connectivity index (χ4v) is 7.08. The SMILES string of the molecule is CC(NC(=N)c1ccccc1C(F)(F)F)C(=O)NC(C(=O)N[C@@H]1C(=O)N2[C@@H]1SC(C)(C)[C@@H]2C(=O)O)c1cccs1. The summed E-state index contributed by atoms with van der Waals surface area (Å²) in [5.74, 6) is -3.80. The summed E-state index contributed by atoms with van der Waals surface area (Å²) >= 11 is 2.42. The van der Waals surface area contributed by atoms with E-state index in [0.29, 0.717) is 4.88 Å². The van der Waals surface area contributed by atoms with Gasteiger partial charge in [0.25, 0.3) is 0 Å². The molecule has 10 nitrogen and oxygen atoms in total. The van der Waals surface area contributed by atoms with Crippen LogP contribution in [0.5, 0.6) is 0 Å². The molecule has 2 aromatic rings. The first-order valence-corrected chi connectivity index (χ1v) is 13.8. The molecule has 2 aliphatic heterocycles. The van der Waals surface area contributed by atoms with Crippen molar-refractivity contribution in [3.63, 3.8) is 0 Å². The quantitative estimate of drug-likeness (QED) is 0.178. The minimum absolute atomic E-state index is 0.432. The van der Waals surface area contributed by atoms with Crippen molar-refractivity contribution in [3.05, 3.63) is 57.8 Å². The number of nitrogens with zero attached hydrogens (tertiary/aromatic N) is 1. The maximum Gasteiger partial charge on any atom is 0.417 e. The highest BCUT2D eigenvalue weighted by molar-refractivity contribution is 8.01. The van der Waals surface area contributed by atoms with Gasteiger partial charge in [-0.05, 0) is 38.3 Å². The van der Waals surface area contributed by atoms with Crippen molar-refractivity contribution in [1.29, 1.82) is 5.41 Å². The number of fused-ring (bicyclic) bond motifs is 1. The summed E-state index contributed by atoms with van der Waals surface area (Å²) in [4.78, 5) is 52.5.